The van der Waals surface area contributed by atoms with Crippen LogP contribution in [0.2, 0.25) is 0 Å². The Morgan fingerprint density at radius 1 is 1.28 bits per heavy atom. The quantitative estimate of drug-likeness (QED) is 0.230. The number of ether oxygens (including phenoxy) is 1. The summed E-state index contributed by atoms with van der Waals surface area (Å²) >= 11 is 1.20. The number of carbonyl (C=O) groups excluding carboxylic acids is 1. The highest BCUT2D eigenvalue weighted by molar-refractivity contribution is 7.83. The number of anilines is 1. The van der Waals surface area contributed by atoms with Crippen LogP contribution in [0.25, 0.3) is 0 Å². The van der Waals surface area contributed by atoms with Gasteiger partial charge in [-0.25, -0.2) is 9.97 Å². The van der Waals surface area contributed by atoms with Gasteiger partial charge in [0.05, 0.1) is 16.5 Å². The van der Waals surface area contributed by atoms with E-state index in [1.807, 2.05) is 4.72 Å². The van der Waals surface area contributed by atoms with Crippen molar-refractivity contribution in [1.82, 2.24) is 19.7 Å². The fourth-order valence-corrected chi connectivity index (χ4v) is 6.42. The minimum Gasteiger partial charge on any atom is -0.393 e. The highest BCUT2D eigenvalue weighted by Crippen LogP contribution is 2.44. The lowest BCUT2D eigenvalue weighted by molar-refractivity contribution is -0.119. The zero-order chi connectivity index (χ0) is 27.9. The molecule has 15 heteroatoms. The number of aliphatic hydroxyl groups excluding tert-OH is 1. The summed E-state index contributed by atoms with van der Waals surface area (Å²) in [5.74, 6) is -3.81. The maximum absolute atomic E-state index is 14.4. The number of aliphatic hydroxyl groups is 1. The van der Waals surface area contributed by atoms with Gasteiger partial charge in [0.1, 0.15) is 30.5 Å². The summed E-state index contributed by atoms with van der Waals surface area (Å²) in [4.78, 5) is 26.7. The summed E-state index contributed by atoms with van der Waals surface area (Å²) in [6, 6.07) is 4.41. The van der Waals surface area contributed by atoms with E-state index < -0.39 is 41.0 Å². The summed E-state index contributed by atoms with van der Waals surface area (Å²) in [6.07, 6.45) is 2.95. The molecule has 0 unspecified atom stereocenters. The molecule has 2 aliphatic rings. The SMILES string of the molecule is Cc1sc(C(=O)c2cncnc2N[C@@H]2C[C@H](CNS(=O)(=O)O)[C@@H](O)C2)cc1[C@@H]1OCC(F)(F)c2ncccc21. The normalized spacial score (nSPS) is 24.3. The van der Waals surface area contributed by atoms with Crippen molar-refractivity contribution in [3.05, 3.63) is 69.1 Å². The molecule has 208 valence electrons. The summed E-state index contributed by atoms with van der Waals surface area (Å²) in [5.41, 5.74) is 0.674. The molecular weight excluding hydrogens is 556 g/mol. The van der Waals surface area contributed by atoms with Crippen molar-refractivity contribution in [3.8, 4) is 0 Å². The van der Waals surface area contributed by atoms with E-state index in [9.17, 15) is 27.1 Å². The molecule has 1 aliphatic carbocycles. The number of hydrogen-bond acceptors (Lipinski definition) is 10. The van der Waals surface area contributed by atoms with E-state index in [1.54, 1.807) is 25.1 Å². The van der Waals surface area contributed by atoms with E-state index in [2.05, 4.69) is 20.3 Å². The molecule has 0 spiro atoms. The Hall–Kier alpha value is -2.95. The third-order valence-electron chi connectivity index (χ3n) is 6.84. The molecule has 0 saturated heterocycles. The number of halogens is 2. The lowest BCUT2D eigenvalue weighted by Crippen LogP contribution is -2.32. The number of aryl methyl sites for hydroxylation is 1. The number of fused-ring (bicyclic) bond motifs is 1. The van der Waals surface area contributed by atoms with Gasteiger partial charge in [0.15, 0.2) is 0 Å². The lowest BCUT2D eigenvalue weighted by Gasteiger charge is -2.30. The lowest BCUT2D eigenvalue weighted by atomic mass is 9.95. The molecule has 5 rings (SSSR count). The van der Waals surface area contributed by atoms with Gasteiger partial charge in [-0.2, -0.15) is 21.9 Å². The first-order valence-corrected chi connectivity index (χ1v) is 14.2. The number of carbonyl (C=O) groups is 1. The van der Waals surface area contributed by atoms with Crippen LogP contribution in [0.1, 0.15) is 55.9 Å². The first-order chi connectivity index (χ1) is 18.4. The van der Waals surface area contributed by atoms with Crippen molar-refractivity contribution >= 4 is 33.2 Å². The van der Waals surface area contributed by atoms with E-state index in [0.717, 1.165) is 4.88 Å². The summed E-state index contributed by atoms with van der Waals surface area (Å²) < 4.78 is 67.2. The molecule has 0 aromatic carbocycles. The number of ketones is 1. The van der Waals surface area contributed by atoms with Gasteiger partial charge >= 0.3 is 16.2 Å². The Labute approximate surface area is 226 Å². The molecule has 3 aromatic heterocycles. The van der Waals surface area contributed by atoms with Crippen molar-refractivity contribution in [3.63, 3.8) is 0 Å². The van der Waals surface area contributed by atoms with E-state index in [-0.39, 0.29) is 47.4 Å². The number of nitrogens with zero attached hydrogens (tertiary/aromatic N) is 3. The van der Waals surface area contributed by atoms with Gasteiger partial charge < -0.3 is 15.2 Å². The molecule has 11 nitrogen and oxygen atoms in total. The van der Waals surface area contributed by atoms with Gasteiger partial charge in [-0.05, 0) is 37.5 Å². The van der Waals surface area contributed by atoms with Crippen LogP contribution in [0, 0.1) is 12.8 Å². The maximum atomic E-state index is 14.4. The van der Waals surface area contributed by atoms with Crippen LogP contribution in [0.15, 0.2) is 36.9 Å². The molecule has 0 amide bonds. The van der Waals surface area contributed by atoms with Crippen LogP contribution in [0.3, 0.4) is 0 Å². The topological polar surface area (TPSA) is 164 Å². The second-order valence-electron chi connectivity index (χ2n) is 9.54. The average Bonchev–Trinajstić information content (AvgIpc) is 3.44. The highest BCUT2D eigenvalue weighted by Gasteiger charge is 2.44. The molecule has 4 N–H and O–H groups in total. The molecule has 1 saturated carbocycles. The van der Waals surface area contributed by atoms with Crippen LogP contribution in [-0.4, -0.2) is 64.1 Å². The van der Waals surface area contributed by atoms with Gasteiger partial charge in [0.25, 0.3) is 0 Å². The number of alkyl halides is 2. The standard InChI is InChI=1S/C24H25F2N5O6S2/c1-12-16(21-15-3-2-4-28-22(15)24(25,26)10-37-21)7-19(38-12)20(33)17-9-27-11-29-23(17)31-14-5-13(18(32)6-14)8-30-39(34,35)36/h2-4,7,9,11,13-14,18,21,30,32H,5-6,8,10H2,1H3,(H,27,29,31)(H,34,35,36)/t13-,14-,18+,21-/m1/s1. The van der Waals surface area contributed by atoms with Crippen molar-refractivity contribution in [1.29, 1.82) is 0 Å². The molecular formula is C24H25F2N5O6S2. The van der Waals surface area contributed by atoms with Crippen molar-refractivity contribution < 1.29 is 36.4 Å². The number of pyridine rings is 1. The third kappa shape index (κ3) is 5.83. The Bertz CT molecular complexity index is 1500. The zero-order valence-corrected chi connectivity index (χ0v) is 22.2. The van der Waals surface area contributed by atoms with E-state index in [4.69, 9.17) is 9.29 Å². The van der Waals surface area contributed by atoms with Gasteiger partial charge in [-0.1, -0.05) is 6.07 Å². The monoisotopic (exact) mass is 581 g/mol. The predicted molar refractivity (Wildman–Crippen MR) is 136 cm³/mol. The minimum absolute atomic E-state index is 0.140. The van der Waals surface area contributed by atoms with Crippen molar-refractivity contribution in [2.24, 2.45) is 5.92 Å². The van der Waals surface area contributed by atoms with Gasteiger partial charge in [-0.3, -0.25) is 14.3 Å². The van der Waals surface area contributed by atoms with Gasteiger partial charge in [0.2, 0.25) is 5.78 Å². The number of nitrogens with one attached hydrogen (secondary N) is 2. The zero-order valence-electron chi connectivity index (χ0n) is 20.5. The smallest absolute Gasteiger partial charge is 0.333 e. The summed E-state index contributed by atoms with van der Waals surface area (Å²) in [6.45, 7) is 0.817. The molecule has 1 fully saturated rings. The van der Waals surface area contributed by atoms with Crippen LogP contribution < -0.4 is 10.0 Å². The molecule has 39 heavy (non-hydrogen) atoms. The van der Waals surface area contributed by atoms with Crippen molar-refractivity contribution in [2.75, 3.05) is 18.5 Å². The fraction of sp³-hybridized carbons (Fsp3) is 0.417. The van der Waals surface area contributed by atoms with Crippen LogP contribution in [0.5, 0.6) is 0 Å². The second-order valence-corrected chi connectivity index (χ2v) is 12.0. The number of hydrogen-bond donors (Lipinski definition) is 4. The first-order valence-electron chi connectivity index (χ1n) is 12.0. The summed E-state index contributed by atoms with van der Waals surface area (Å²) in [5, 5.41) is 13.5. The average molecular weight is 582 g/mol. The Kier molecular flexibility index (Phi) is 7.47. The van der Waals surface area contributed by atoms with Crippen LogP contribution in [0.4, 0.5) is 14.6 Å². The van der Waals surface area contributed by atoms with Crippen molar-refractivity contribution in [2.45, 2.75) is 43.9 Å². The largest absolute Gasteiger partial charge is 0.393 e. The van der Waals surface area contributed by atoms with Crippen LogP contribution in [-0.2, 0) is 21.0 Å². The minimum atomic E-state index is -4.39. The molecule has 3 aromatic rings. The van der Waals surface area contributed by atoms with Gasteiger partial charge in [0, 0.05) is 41.3 Å². The van der Waals surface area contributed by atoms with E-state index in [1.165, 1.54) is 30.1 Å². The maximum Gasteiger partial charge on any atom is 0.333 e. The van der Waals surface area contributed by atoms with E-state index in [0.29, 0.717) is 16.9 Å². The Morgan fingerprint density at radius 2 is 2.08 bits per heavy atom. The molecule has 1 aliphatic heterocycles. The molecule has 0 bridgehead atoms. The first kappa shape index (κ1) is 27.6. The molecule has 0 radical (unpaired) electrons. The predicted octanol–water partition coefficient (Wildman–Crippen LogP) is 2.63. The number of aromatic nitrogens is 3. The highest BCUT2D eigenvalue weighted by atomic mass is 32.2. The number of thiophene rings is 1. The molecule has 4 atom stereocenters. The summed E-state index contributed by atoms with van der Waals surface area (Å²) in [7, 11) is -4.39. The fourth-order valence-electron chi connectivity index (χ4n) is 5.00. The third-order valence-corrected chi connectivity index (χ3v) is 8.44. The van der Waals surface area contributed by atoms with Gasteiger partial charge in [-0.15, -0.1) is 11.3 Å². The number of rotatable bonds is 8. The van der Waals surface area contributed by atoms with Crippen LogP contribution >= 0.6 is 11.3 Å². The Balaban J connectivity index is 1.36. The molecule has 4 heterocycles. The Morgan fingerprint density at radius 3 is 2.85 bits per heavy atom. The second kappa shape index (κ2) is 10.6. The van der Waals surface area contributed by atoms with E-state index >= 15 is 0 Å².